The summed E-state index contributed by atoms with van der Waals surface area (Å²) in [6.07, 6.45) is 2.41. The summed E-state index contributed by atoms with van der Waals surface area (Å²) in [4.78, 5) is 2.68. The zero-order valence-corrected chi connectivity index (χ0v) is 22.1. The van der Waals surface area contributed by atoms with Crippen LogP contribution in [0.3, 0.4) is 0 Å². The lowest BCUT2D eigenvalue weighted by Gasteiger charge is -2.21. The van der Waals surface area contributed by atoms with Gasteiger partial charge in [-0.2, -0.15) is 8.78 Å². The van der Waals surface area contributed by atoms with E-state index in [1.807, 2.05) is 28.8 Å². The first-order chi connectivity index (χ1) is 16.1. The van der Waals surface area contributed by atoms with Gasteiger partial charge in [-0.25, -0.2) is 8.42 Å². The van der Waals surface area contributed by atoms with Gasteiger partial charge in [0.15, 0.2) is 6.54 Å². The molecule has 1 atom stereocenters. The van der Waals surface area contributed by atoms with Gasteiger partial charge >= 0.3 is 11.4 Å². The van der Waals surface area contributed by atoms with E-state index in [2.05, 4.69) is 0 Å². The van der Waals surface area contributed by atoms with Crippen molar-refractivity contribution in [3.05, 3.63) is 56.5 Å². The van der Waals surface area contributed by atoms with Crippen molar-refractivity contribution in [2.75, 3.05) is 23.8 Å². The number of rotatable bonds is 9. The Morgan fingerprint density at radius 3 is 2.68 bits per heavy atom. The zero-order chi connectivity index (χ0) is 24.5. The van der Waals surface area contributed by atoms with Gasteiger partial charge in [-0.1, -0.05) is 46.3 Å². The molecule has 14 heteroatoms. The van der Waals surface area contributed by atoms with Crippen LogP contribution in [0.15, 0.2) is 46.3 Å². The SMILES string of the molecule is O=S(O)OCCC[n+]1c(C=C2Sc3ccc(Cl)cc3N2CCS(=O)(=O)[O-])sc2ccc(Cl)cc21. The molecule has 0 fully saturated rings. The van der Waals surface area contributed by atoms with Crippen LogP contribution >= 0.6 is 46.3 Å². The van der Waals surface area contributed by atoms with Crippen LogP contribution in [0.2, 0.25) is 10.0 Å². The number of nitrogens with zero attached hydrogens (tertiary/aromatic N) is 2. The molecule has 0 saturated heterocycles. The van der Waals surface area contributed by atoms with Crippen LogP contribution in [0.25, 0.3) is 16.3 Å². The number of benzene rings is 2. The smallest absolute Gasteiger partial charge is 0.301 e. The van der Waals surface area contributed by atoms with E-state index in [4.69, 9.17) is 31.9 Å². The van der Waals surface area contributed by atoms with E-state index >= 15 is 0 Å². The fourth-order valence-corrected chi connectivity index (χ4v) is 6.77. The zero-order valence-electron chi connectivity index (χ0n) is 17.3. The van der Waals surface area contributed by atoms with Crippen molar-refractivity contribution in [2.24, 2.45) is 0 Å². The molecule has 1 aliphatic rings. The van der Waals surface area contributed by atoms with E-state index in [-0.39, 0.29) is 13.2 Å². The normalized spacial score (nSPS) is 15.9. The first-order valence-corrected chi connectivity index (χ1v) is 14.9. The fourth-order valence-electron chi connectivity index (χ4n) is 3.49. The highest BCUT2D eigenvalue weighted by atomic mass is 35.5. The first-order valence-electron chi connectivity index (χ1n) is 9.87. The van der Waals surface area contributed by atoms with Crippen LogP contribution in [0.4, 0.5) is 5.69 Å². The molecule has 0 saturated carbocycles. The van der Waals surface area contributed by atoms with Crippen LogP contribution in [-0.4, -0.2) is 40.6 Å². The summed E-state index contributed by atoms with van der Waals surface area (Å²) in [6.45, 7) is 0.579. The molecule has 182 valence electrons. The van der Waals surface area contributed by atoms with Gasteiger partial charge in [0.05, 0.1) is 39.3 Å². The highest BCUT2D eigenvalue weighted by Crippen LogP contribution is 2.47. The van der Waals surface area contributed by atoms with Gasteiger partial charge in [-0.15, -0.1) is 0 Å². The Bertz CT molecular complexity index is 1390. The van der Waals surface area contributed by atoms with E-state index in [1.54, 1.807) is 23.1 Å². The Balaban J connectivity index is 1.73. The number of aromatic nitrogens is 1. The quantitative estimate of drug-likeness (QED) is 0.170. The maximum atomic E-state index is 11.3. The molecule has 0 amide bonds. The molecule has 8 nitrogen and oxygen atoms in total. The lowest BCUT2D eigenvalue weighted by Crippen LogP contribution is -2.36. The van der Waals surface area contributed by atoms with E-state index < -0.39 is 27.2 Å². The van der Waals surface area contributed by atoms with Crippen molar-refractivity contribution in [1.82, 2.24) is 0 Å². The standard InChI is InChI=1S/C20H18Cl2N2O6S4/c21-13-2-4-17-15(10-13)23(6-1-8-30-33(25)26)19(31-17)12-20-24(7-9-34(27,28)29)16-11-14(22)3-5-18(16)32-20/h2-5,10-12H,1,6-9H2,(H-,25,26,27,28,29). The maximum absolute atomic E-state index is 11.3. The van der Waals surface area contributed by atoms with Gasteiger partial charge in [0.1, 0.15) is 4.70 Å². The molecule has 2 heterocycles. The Kier molecular flexibility index (Phi) is 8.22. The molecule has 1 unspecified atom stereocenters. The van der Waals surface area contributed by atoms with Gasteiger partial charge in [0, 0.05) is 34.0 Å². The second-order valence-corrected chi connectivity index (χ2v) is 12.4. The van der Waals surface area contributed by atoms with Gasteiger partial charge in [-0.05, 0) is 30.3 Å². The molecule has 34 heavy (non-hydrogen) atoms. The molecule has 1 aromatic heterocycles. The van der Waals surface area contributed by atoms with Crippen molar-refractivity contribution >= 4 is 89.8 Å². The average Bonchev–Trinajstić information content (AvgIpc) is 3.26. The number of halogens is 2. The van der Waals surface area contributed by atoms with Crippen LogP contribution in [0.1, 0.15) is 11.4 Å². The highest BCUT2D eigenvalue weighted by Gasteiger charge is 2.28. The lowest BCUT2D eigenvalue weighted by atomic mass is 10.3. The largest absolute Gasteiger partial charge is 0.748 e. The Morgan fingerprint density at radius 1 is 1.21 bits per heavy atom. The molecule has 0 bridgehead atoms. The third kappa shape index (κ3) is 6.31. The van der Waals surface area contributed by atoms with Crippen LogP contribution in [-0.2, 0) is 32.2 Å². The number of anilines is 1. The van der Waals surface area contributed by atoms with Crippen LogP contribution < -0.4 is 9.47 Å². The van der Waals surface area contributed by atoms with Gasteiger partial charge in [-0.3, -0.25) is 8.74 Å². The Hall–Kier alpha value is -1.22. The van der Waals surface area contributed by atoms with Crippen molar-refractivity contribution in [1.29, 1.82) is 0 Å². The molecule has 3 aromatic rings. The van der Waals surface area contributed by atoms with Gasteiger partial charge < -0.3 is 9.45 Å². The topological polar surface area (TPSA) is 111 Å². The third-order valence-electron chi connectivity index (χ3n) is 4.91. The summed E-state index contributed by atoms with van der Waals surface area (Å²) in [5.74, 6) is -0.547. The molecule has 0 aliphatic carbocycles. The van der Waals surface area contributed by atoms with Gasteiger partial charge in [0.25, 0.3) is 5.01 Å². The van der Waals surface area contributed by atoms with Crippen molar-refractivity contribution in [3.8, 4) is 0 Å². The van der Waals surface area contributed by atoms with Crippen molar-refractivity contribution in [2.45, 2.75) is 17.9 Å². The molecule has 1 aliphatic heterocycles. The van der Waals surface area contributed by atoms with Crippen molar-refractivity contribution < 1.29 is 30.5 Å². The molecular formula is C20H18Cl2N2O6S4. The molecule has 2 aromatic carbocycles. The third-order valence-corrected chi connectivity index (χ3v) is 8.65. The second-order valence-electron chi connectivity index (χ2n) is 7.21. The summed E-state index contributed by atoms with van der Waals surface area (Å²) in [5.41, 5.74) is 1.63. The molecule has 0 radical (unpaired) electrons. The minimum Gasteiger partial charge on any atom is -0.748 e. The minimum absolute atomic E-state index is 0.00904. The number of hydrogen-bond donors (Lipinski definition) is 1. The number of aryl methyl sites for hydroxylation is 1. The number of thiazole rings is 1. The summed E-state index contributed by atoms with van der Waals surface area (Å²) in [6, 6.07) is 10.9. The second kappa shape index (κ2) is 10.8. The van der Waals surface area contributed by atoms with E-state index in [0.29, 0.717) is 23.0 Å². The van der Waals surface area contributed by atoms with Crippen LogP contribution in [0, 0.1) is 0 Å². The van der Waals surface area contributed by atoms with Gasteiger partial charge in [0.2, 0.25) is 5.52 Å². The number of fused-ring (bicyclic) bond motifs is 2. The highest BCUT2D eigenvalue weighted by molar-refractivity contribution is 8.04. The Morgan fingerprint density at radius 2 is 1.94 bits per heavy atom. The molecule has 4 rings (SSSR count). The van der Waals surface area contributed by atoms with Crippen LogP contribution in [0.5, 0.6) is 0 Å². The summed E-state index contributed by atoms with van der Waals surface area (Å²) < 4.78 is 61.4. The number of hydrogen-bond acceptors (Lipinski definition) is 8. The van der Waals surface area contributed by atoms with Crippen molar-refractivity contribution in [3.63, 3.8) is 0 Å². The van der Waals surface area contributed by atoms with E-state index in [1.165, 1.54) is 23.1 Å². The Labute approximate surface area is 217 Å². The van der Waals surface area contributed by atoms with E-state index in [9.17, 15) is 17.2 Å². The molecule has 1 N–H and O–H groups in total. The molecule has 0 spiro atoms. The maximum Gasteiger partial charge on any atom is 0.301 e. The summed E-state index contributed by atoms with van der Waals surface area (Å²) >= 11 is 13.0. The fraction of sp³-hybridized carbons (Fsp3) is 0.250. The van der Waals surface area contributed by atoms with E-state index in [0.717, 1.165) is 30.8 Å². The summed E-state index contributed by atoms with van der Waals surface area (Å²) in [5, 5.41) is 2.69. The lowest BCUT2D eigenvalue weighted by molar-refractivity contribution is -0.669. The summed E-state index contributed by atoms with van der Waals surface area (Å²) in [7, 11) is -4.41. The average molecular weight is 582 g/mol. The predicted octanol–water partition coefficient (Wildman–Crippen LogP) is 4.49. The first kappa shape index (κ1) is 25.9. The monoisotopic (exact) mass is 580 g/mol. The molecular weight excluding hydrogens is 563 g/mol. The minimum atomic E-state index is -4.41. The predicted molar refractivity (Wildman–Crippen MR) is 136 cm³/mol. The number of thioether (sulfide) groups is 1.